The lowest BCUT2D eigenvalue weighted by atomic mass is 9.84. The molecular weight excluding hydrogens is 342 g/mol. The number of carbonyl (C=O) groups is 2. The van der Waals surface area contributed by atoms with Crippen LogP contribution in [0.25, 0.3) is 0 Å². The van der Waals surface area contributed by atoms with Crippen molar-refractivity contribution in [2.45, 2.75) is 57.5 Å². The SMILES string of the molecule is CO[C@H]1C(OC(C)=O)O[C@@H](C)[C@@H](NC(=O)OCc2ccccc2)[C@@]1(C)O. The Bertz CT molecular complexity index is 619. The molecule has 0 aromatic heterocycles. The van der Waals surface area contributed by atoms with Crippen molar-refractivity contribution in [3.8, 4) is 0 Å². The molecule has 0 saturated carbocycles. The van der Waals surface area contributed by atoms with Gasteiger partial charge in [-0.2, -0.15) is 0 Å². The van der Waals surface area contributed by atoms with E-state index in [4.69, 9.17) is 18.9 Å². The van der Waals surface area contributed by atoms with Crippen LogP contribution < -0.4 is 5.32 Å². The summed E-state index contributed by atoms with van der Waals surface area (Å²) in [7, 11) is 1.36. The van der Waals surface area contributed by atoms with E-state index in [1.165, 1.54) is 21.0 Å². The van der Waals surface area contributed by atoms with Gasteiger partial charge in [0.05, 0.1) is 12.1 Å². The molecule has 144 valence electrons. The number of methoxy groups -OCH3 is 1. The van der Waals surface area contributed by atoms with Crippen LogP contribution in [0.3, 0.4) is 0 Å². The van der Waals surface area contributed by atoms with Crippen LogP contribution >= 0.6 is 0 Å². The summed E-state index contributed by atoms with van der Waals surface area (Å²) >= 11 is 0. The summed E-state index contributed by atoms with van der Waals surface area (Å²) in [4.78, 5) is 23.4. The molecule has 26 heavy (non-hydrogen) atoms. The molecule has 0 bridgehead atoms. The standard InChI is InChI=1S/C18H25NO7/c1-11-14(19-17(21)24-10-13-8-6-5-7-9-13)18(3,22)15(23-4)16(25-11)26-12(2)20/h5-9,11,14-16,22H,10H2,1-4H3,(H,19,21)/t11-,14+,15-,16?,18+/m0/s1. The zero-order chi connectivity index (χ0) is 19.3. The molecule has 8 nitrogen and oxygen atoms in total. The minimum absolute atomic E-state index is 0.0978. The van der Waals surface area contributed by atoms with E-state index in [1.807, 2.05) is 30.3 Å². The van der Waals surface area contributed by atoms with Crippen LogP contribution in [0.1, 0.15) is 26.3 Å². The zero-order valence-corrected chi connectivity index (χ0v) is 15.3. The van der Waals surface area contributed by atoms with Gasteiger partial charge in [-0.3, -0.25) is 4.79 Å². The Balaban J connectivity index is 2.03. The van der Waals surface area contributed by atoms with E-state index in [0.717, 1.165) is 5.56 Å². The predicted molar refractivity (Wildman–Crippen MR) is 91.1 cm³/mol. The molecule has 1 aromatic carbocycles. The monoisotopic (exact) mass is 367 g/mol. The van der Waals surface area contributed by atoms with Crippen molar-refractivity contribution in [1.82, 2.24) is 5.32 Å². The summed E-state index contributed by atoms with van der Waals surface area (Å²) in [6, 6.07) is 8.39. The summed E-state index contributed by atoms with van der Waals surface area (Å²) in [5, 5.41) is 13.5. The Hall–Kier alpha value is -2.16. The van der Waals surface area contributed by atoms with Crippen LogP contribution in [0, 0.1) is 0 Å². The molecule has 8 heteroatoms. The fourth-order valence-corrected chi connectivity index (χ4v) is 3.05. The average Bonchev–Trinajstić information content (AvgIpc) is 2.57. The maximum atomic E-state index is 12.1. The Labute approximate surface area is 152 Å². The van der Waals surface area contributed by atoms with Crippen molar-refractivity contribution in [2.24, 2.45) is 0 Å². The smallest absolute Gasteiger partial charge is 0.407 e. The second kappa shape index (κ2) is 8.48. The fraction of sp³-hybridized carbons (Fsp3) is 0.556. The molecule has 2 N–H and O–H groups in total. The van der Waals surface area contributed by atoms with Crippen molar-refractivity contribution in [1.29, 1.82) is 0 Å². The normalized spacial score (nSPS) is 31.1. The van der Waals surface area contributed by atoms with Gasteiger partial charge in [0.2, 0.25) is 6.29 Å². The lowest BCUT2D eigenvalue weighted by molar-refractivity contribution is -0.293. The number of ether oxygens (including phenoxy) is 4. The van der Waals surface area contributed by atoms with E-state index < -0.39 is 42.2 Å². The molecule has 1 aliphatic heterocycles. The largest absolute Gasteiger partial charge is 0.445 e. The van der Waals surface area contributed by atoms with Crippen molar-refractivity contribution in [3.05, 3.63) is 35.9 Å². The minimum atomic E-state index is -1.56. The molecule has 1 saturated heterocycles. The highest BCUT2D eigenvalue weighted by Crippen LogP contribution is 2.32. The van der Waals surface area contributed by atoms with Gasteiger partial charge in [0.1, 0.15) is 18.3 Å². The zero-order valence-electron chi connectivity index (χ0n) is 15.3. The Morgan fingerprint density at radius 1 is 1.31 bits per heavy atom. The van der Waals surface area contributed by atoms with Gasteiger partial charge in [-0.05, 0) is 19.4 Å². The van der Waals surface area contributed by atoms with Crippen LogP contribution in [0.15, 0.2) is 30.3 Å². The second-order valence-corrected chi connectivity index (χ2v) is 6.38. The molecule has 1 unspecified atom stereocenters. The van der Waals surface area contributed by atoms with Crippen molar-refractivity contribution >= 4 is 12.1 Å². The summed E-state index contributed by atoms with van der Waals surface area (Å²) in [6.45, 7) is 4.47. The molecule has 0 spiro atoms. The summed E-state index contributed by atoms with van der Waals surface area (Å²) in [6.07, 6.45) is -3.41. The lowest BCUT2D eigenvalue weighted by Gasteiger charge is -2.48. The van der Waals surface area contributed by atoms with Gasteiger partial charge < -0.3 is 29.4 Å². The number of nitrogens with one attached hydrogen (secondary N) is 1. The fourth-order valence-electron chi connectivity index (χ4n) is 3.05. The molecule has 0 radical (unpaired) electrons. The first-order chi connectivity index (χ1) is 12.3. The van der Waals surface area contributed by atoms with Gasteiger partial charge in [0.25, 0.3) is 0 Å². The molecule has 5 atom stereocenters. The van der Waals surface area contributed by atoms with E-state index in [0.29, 0.717) is 0 Å². The quantitative estimate of drug-likeness (QED) is 0.757. The summed E-state index contributed by atoms with van der Waals surface area (Å²) < 4.78 is 21.1. The highest BCUT2D eigenvalue weighted by atomic mass is 16.7. The topological polar surface area (TPSA) is 103 Å². The highest BCUT2D eigenvalue weighted by molar-refractivity contribution is 5.68. The van der Waals surface area contributed by atoms with Crippen molar-refractivity contribution < 1.29 is 33.6 Å². The summed E-state index contributed by atoms with van der Waals surface area (Å²) in [5.41, 5.74) is -0.717. The van der Waals surface area contributed by atoms with Crippen LogP contribution in [-0.4, -0.2) is 54.4 Å². The number of alkyl carbamates (subject to hydrolysis) is 1. The highest BCUT2D eigenvalue weighted by Gasteiger charge is 2.54. The molecule has 1 aromatic rings. The van der Waals surface area contributed by atoms with Gasteiger partial charge in [0.15, 0.2) is 0 Å². The number of esters is 1. The Kier molecular flexibility index (Phi) is 6.57. The third-order valence-corrected chi connectivity index (χ3v) is 4.29. The first kappa shape index (κ1) is 20.2. The number of carbonyl (C=O) groups excluding carboxylic acids is 2. The first-order valence-corrected chi connectivity index (χ1v) is 8.30. The number of rotatable bonds is 5. The number of hydrogen-bond acceptors (Lipinski definition) is 7. The maximum absolute atomic E-state index is 12.1. The van der Waals surface area contributed by atoms with Gasteiger partial charge >= 0.3 is 12.1 Å². The third-order valence-electron chi connectivity index (χ3n) is 4.29. The second-order valence-electron chi connectivity index (χ2n) is 6.38. The van der Waals surface area contributed by atoms with Crippen LogP contribution in [0.2, 0.25) is 0 Å². The number of aliphatic hydroxyl groups is 1. The molecule has 1 amide bonds. The first-order valence-electron chi connectivity index (χ1n) is 8.30. The summed E-state index contributed by atoms with van der Waals surface area (Å²) in [5.74, 6) is -0.561. The maximum Gasteiger partial charge on any atom is 0.407 e. The molecule has 2 rings (SSSR count). The number of amides is 1. The van der Waals surface area contributed by atoms with Crippen LogP contribution in [-0.2, 0) is 30.3 Å². The Morgan fingerprint density at radius 2 is 1.96 bits per heavy atom. The van der Waals surface area contributed by atoms with E-state index in [-0.39, 0.29) is 6.61 Å². The van der Waals surface area contributed by atoms with Crippen molar-refractivity contribution in [3.63, 3.8) is 0 Å². The number of hydrogen-bond donors (Lipinski definition) is 2. The predicted octanol–water partition coefficient (Wildman–Crippen LogP) is 1.36. The van der Waals surface area contributed by atoms with Gasteiger partial charge in [-0.15, -0.1) is 0 Å². The van der Waals surface area contributed by atoms with E-state index in [9.17, 15) is 14.7 Å². The van der Waals surface area contributed by atoms with Gasteiger partial charge in [0, 0.05) is 14.0 Å². The minimum Gasteiger partial charge on any atom is -0.445 e. The number of benzene rings is 1. The van der Waals surface area contributed by atoms with E-state index in [1.54, 1.807) is 6.92 Å². The molecule has 1 aliphatic rings. The Morgan fingerprint density at radius 3 is 2.54 bits per heavy atom. The average molecular weight is 367 g/mol. The third kappa shape index (κ3) is 4.72. The molecule has 0 aliphatic carbocycles. The lowest BCUT2D eigenvalue weighted by Crippen LogP contribution is -2.70. The van der Waals surface area contributed by atoms with Crippen LogP contribution in [0.5, 0.6) is 0 Å². The molecular formula is C18H25NO7. The van der Waals surface area contributed by atoms with Crippen molar-refractivity contribution in [2.75, 3.05) is 7.11 Å². The van der Waals surface area contributed by atoms with Gasteiger partial charge in [-0.1, -0.05) is 30.3 Å². The molecule has 1 heterocycles. The van der Waals surface area contributed by atoms with Crippen LogP contribution in [0.4, 0.5) is 4.79 Å². The van der Waals surface area contributed by atoms with Gasteiger partial charge in [-0.25, -0.2) is 4.79 Å². The van der Waals surface area contributed by atoms with E-state index >= 15 is 0 Å². The molecule has 1 fully saturated rings. The van der Waals surface area contributed by atoms with E-state index in [2.05, 4.69) is 5.32 Å².